The molecule has 0 saturated carbocycles. The summed E-state index contributed by atoms with van der Waals surface area (Å²) in [6.07, 6.45) is 0.479. The molecule has 19 heavy (non-hydrogen) atoms. The molecule has 0 bridgehead atoms. The minimum atomic E-state index is 0.0111. The van der Waals surface area contributed by atoms with Gasteiger partial charge in [0.05, 0.1) is 0 Å². The standard InChI is InChI=1S/C14H22N2O2S/c1-10(8-17)9-19-6-5-14(18)16-13-4-3-12(15)7-11(13)2/h3-4,7,10,17H,5-6,8-9,15H2,1-2H3,(H,16,18). The molecular weight excluding hydrogens is 260 g/mol. The number of carbonyl (C=O) groups is 1. The van der Waals surface area contributed by atoms with Gasteiger partial charge in [-0.15, -0.1) is 0 Å². The molecule has 4 nitrogen and oxygen atoms in total. The number of hydrogen-bond acceptors (Lipinski definition) is 4. The molecule has 1 aromatic carbocycles. The molecule has 1 rings (SSSR count). The van der Waals surface area contributed by atoms with Crippen molar-refractivity contribution >= 4 is 29.0 Å². The summed E-state index contributed by atoms with van der Waals surface area (Å²) in [5, 5.41) is 11.8. The molecule has 0 aliphatic carbocycles. The van der Waals surface area contributed by atoms with Crippen LogP contribution in [0.4, 0.5) is 11.4 Å². The molecule has 1 unspecified atom stereocenters. The number of nitrogens with one attached hydrogen (secondary N) is 1. The molecule has 0 saturated heterocycles. The van der Waals surface area contributed by atoms with Crippen molar-refractivity contribution in [1.82, 2.24) is 0 Å². The summed E-state index contributed by atoms with van der Waals surface area (Å²) in [7, 11) is 0. The van der Waals surface area contributed by atoms with Crippen molar-refractivity contribution in [2.24, 2.45) is 5.92 Å². The topological polar surface area (TPSA) is 75.3 Å². The summed E-state index contributed by atoms with van der Waals surface area (Å²) in [5.41, 5.74) is 8.14. The Morgan fingerprint density at radius 2 is 2.26 bits per heavy atom. The Labute approximate surface area is 118 Å². The largest absolute Gasteiger partial charge is 0.399 e. The first-order valence-corrected chi connectivity index (χ1v) is 7.53. The Bertz CT molecular complexity index is 424. The number of aliphatic hydroxyl groups excluding tert-OH is 1. The van der Waals surface area contributed by atoms with Crippen LogP contribution in [0.15, 0.2) is 18.2 Å². The zero-order valence-corrected chi connectivity index (χ0v) is 12.3. The fourth-order valence-corrected chi connectivity index (χ4v) is 2.55. The van der Waals surface area contributed by atoms with Gasteiger partial charge in [-0.3, -0.25) is 4.79 Å². The highest BCUT2D eigenvalue weighted by Crippen LogP contribution is 2.18. The highest BCUT2D eigenvalue weighted by atomic mass is 32.2. The fourth-order valence-electron chi connectivity index (χ4n) is 1.54. The van der Waals surface area contributed by atoms with Gasteiger partial charge in [0, 0.05) is 30.2 Å². The maximum Gasteiger partial charge on any atom is 0.225 e. The SMILES string of the molecule is Cc1cc(N)ccc1NC(=O)CCSCC(C)CO. The molecule has 1 amide bonds. The van der Waals surface area contributed by atoms with Gasteiger partial charge in [-0.1, -0.05) is 6.92 Å². The van der Waals surface area contributed by atoms with Gasteiger partial charge in [0.25, 0.3) is 0 Å². The fraction of sp³-hybridized carbons (Fsp3) is 0.500. The molecular formula is C14H22N2O2S. The van der Waals surface area contributed by atoms with Crippen LogP contribution in [-0.2, 0) is 4.79 Å². The third-order valence-corrected chi connectivity index (χ3v) is 4.01. The Morgan fingerprint density at radius 3 is 2.89 bits per heavy atom. The van der Waals surface area contributed by atoms with Crippen molar-refractivity contribution in [2.45, 2.75) is 20.3 Å². The Hall–Kier alpha value is -1.20. The quantitative estimate of drug-likeness (QED) is 0.530. The summed E-state index contributed by atoms with van der Waals surface area (Å²) >= 11 is 1.69. The second-order valence-corrected chi connectivity index (χ2v) is 5.89. The molecule has 0 heterocycles. The Kier molecular flexibility index (Phi) is 6.73. The van der Waals surface area contributed by atoms with Gasteiger partial charge in [-0.05, 0) is 42.4 Å². The first-order valence-electron chi connectivity index (χ1n) is 6.37. The Balaban J connectivity index is 2.31. The number of amides is 1. The van der Waals surface area contributed by atoms with Gasteiger partial charge in [-0.25, -0.2) is 0 Å². The molecule has 0 fully saturated rings. The number of benzene rings is 1. The summed E-state index contributed by atoms with van der Waals surface area (Å²) in [6.45, 7) is 4.11. The number of thioether (sulfide) groups is 1. The van der Waals surface area contributed by atoms with E-state index < -0.39 is 0 Å². The number of carbonyl (C=O) groups excluding carboxylic acids is 1. The van der Waals surface area contributed by atoms with Crippen LogP contribution in [0.25, 0.3) is 0 Å². The van der Waals surface area contributed by atoms with Gasteiger partial charge in [-0.2, -0.15) is 11.8 Å². The molecule has 1 atom stereocenters. The van der Waals surface area contributed by atoms with Crippen LogP contribution in [0.2, 0.25) is 0 Å². The van der Waals surface area contributed by atoms with Gasteiger partial charge in [0.2, 0.25) is 5.91 Å². The summed E-state index contributed by atoms with van der Waals surface area (Å²) in [6, 6.07) is 5.44. The van der Waals surface area contributed by atoms with Crippen molar-refractivity contribution < 1.29 is 9.90 Å². The normalized spacial score (nSPS) is 12.2. The maximum atomic E-state index is 11.8. The zero-order chi connectivity index (χ0) is 14.3. The highest BCUT2D eigenvalue weighted by Gasteiger charge is 2.06. The van der Waals surface area contributed by atoms with E-state index in [2.05, 4.69) is 5.32 Å². The van der Waals surface area contributed by atoms with Crippen LogP contribution in [0.5, 0.6) is 0 Å². The van der Waals surface area contributed by atoms with E-state index in [1.807, 2.05) is 26.0 Å². The summed E-state index contributed by atoms with van der Waals surface area (Å²) < 4.78 is 0. The van der Waals surface area contributed by atoms with Gasteiger partial charge in [0.1, 0.15) is 0 Å². The lowest BCUT2D eigenvalue weighted by Crippen LogP contribution is -2.14. The molecule has 4 N–H and O–H groups in total. The van der Waals surface area contributed by atoms with E-state index >= 15 is 0 Å². The van der Waals surface area contributed by atoms with Crippen molar-refractivity contribution in [1.29, 1.82) is 0 Å². The maximum absolute atomic E-state index is 11.8. The van der Waals surface area contributed by atoms with E-state index in [1.165, 1.54) is 0 Å². The van der Waals surface area contributed by atoms with Gasteiger partial charge < -0.3 is 16.2 Å². The average molecular weight is 282 g/mol. The van der Waals surface area contributed by atoms with Crippen molar-refractivity contribution in [3.05, 3.63) is 23.8 Å². The molecule has 0 spiro atoms. The minimum Gasteiger partial charge on any atom is -0.399 e. The number of nitrogens with two attached hydrogens (primary N) is 1. The monoisotopic (exact) mass is 282 g/mol. The summed E-state index contributed by atoms with van der Waals surface area (Å²) in [5.74, 6) is 1.94. The van der Waals surface area contributed by atoms with E-state index in [1.54, 1.807) is 17.8 Å². The number of anilines is 2. The first-order chi connectivity index (χ1) is 9.02. The zero-order valence-electron chi connectivity index (χ0n) is 11.5. The molecule has 0 aromatic heterocycles. The third kappa shape index (κ3) is 5.98. The lowest BCUT2D eigenvalue weighted by Gasteiger charge is -2.10. The second kappa shape index (κ2) is 8.07. The molecule has 0 aliphatic heterocycles. The number of nitrogen functional groups attached to an aromatic ring is 1. The highest BCUT2D eigenvalue weighted by molar-refractivity contribution is 7.99. The average Bonchev–Trinajstić information content (AvgIpc) is 2.37. The van der Waals surface area contributed by atoms with Crippen LogP contribution in [0, 0.1) is 12.8 Å². The van der Waals surface area contributed by atoms with Crippen molar-refractivity contribution in [3.8, 4) is 0 Å². The molecule has 0 radical (unpaired) electrons. The second-order valence-electron chi connectivity index (χ2n) is 4.74. The predicted octanol–water partition coefficient (Wildman–Crippen LogP) is 2.27. The van der Waals surface area contributed by atoms with Crippen LogP contribution < -0.4 is 11.1 Å². The van der Waals surface area contributed by atoms with Gasteiger partial charge >= 0.3 is 0 Å². The van der Waals surface area contributed by atoms with E-state index in [9.17, 15) is 4.79 Å². The predicted molar refractivity (Wildman–Crippen MR) is 82.4 cm³/mol. The molecule has 0 aliphatic rings. The van der Waals surface area contributed by atoms with E-state index in [0.29, 0.717) is 12.1 Å². The van der Waals surface area contributed by atoms with Gasteiger partial charge in [0.15, 0.2) is 0 Å². The number of rotatable bonds is 7. The van der Waals surface area contributed by atoms with Crippen molar-refractivity contribution in [3.63, 3.8) is 0 Å². The number of aliphatic hydroxyl groups is 1. The lowest BCUT2D eigenvalue weighted by atomic mass is 10.2. The first kappa shape index (κ1) is 15.9. The van der Waals surface area contributed by atoms with E-state index in [0.717, 1.165) is 22.8 Å². The number of hydrogen-bond donors (Lipinski definition) is 3. The third-order valence-electron chi connectivity index (χ3n) is 2.71. The number of aryl methyl sites for hydroxylation is 1. The van der Waals surface area contributed by atoms with Crippen LogP contribution >= 0.6 is 11.8 Å². The van der Waals surface area contributed by atoms with Crippen LogP contribution in [0.1, 0.15) is 18.9 Å². The smallest absolute Gasteiger partial charge is 0.225 e. The minimum absolute atomic E-state index is 0.0111. The summed E-state index contributed by atoms with van der Waals surface area (Å²) in [4.78, 5) is 11.8. The van der Waals surface area contributed by atoms with Crippen LogP contribution in [-0.4, -0.2) is 29.1 Å². The lowest BCUT2D eigenvalue weighted by molar-refractivity contribution is -0.115. The van der Waals surface area contributed by atoms with E-state index in [-0.39, 0.29) is 18.4 Å². The van der Waals surface area contributed by atoms with Crippen LogP contribution in [0.3, 0.4) is 0 Å². The Morgan fingerprint density at radius 1 is 1.53 bits per heavy atom. The van der Waals surface area contributed by atoms with E-state index in [4.69, 9.17) is 10.8 Å². The molecule has 1 aromatic rings. The van der Waals surface area contributed by atoms with Crippen molar-refractivity contribution in [2.75, 3.05) is 29.2 Å². The molecule has 5 heteroatoms. The molecule has 106 valence electrons.